The van der Waals surface area contributed by atoms with Gasteiger partial charge in [-0.3, -0.25) is 4.90 Å². The minimum atomic E-state index is 0.719. The zero-order valence-electron chi connectivity index (χ0n) is 20.0. The fraction of sp³-hybridized carbons (Fsp3) is 0.458. The van der Waals surface area contributed by atoms with E-state index in [2.05, 4.69) is 33.2 Å². The van der Waals surface area contributed by atoms with Gasteiger partial charge in [0.1, 0.15) is 10.8 Å². The van der Waals surface area contributed by atoms with Crippen LogP contribution < -0.4 is 19.3 Å². The number of piperazine rings is 1. The van der Waals surface area contributed by atoms with E-state index in [-0.39, 0.29) is 0 Å². The van der Waals surface area contributed by atoms with Crippen LogP contribution in [0.4, 0.5) is 11.8 Å². The van der Waals surface area contributed by atoms with Gasteiger partial charge in [-0.25, -0.2) is 9.97 Å². The van der Waals surface area contributed by atoms with Gasteiger partial charge in [-0.1, -0.05) is 6.92 Å². The molecule has 0 radical (unpaired) electrons. The summed E-state index contributed by atoms with van der Waals surface area (Å²) in [4.78, 5) is 21.1. The quantitative estimate of drug-likeness (QED) is 0.497. The number of ether oxygens (including phenoxy) is 2. The number of aromatic nitrogens is 3. The van der Waals surface area contributed by atoms with E-state index in [1.807, 2.05) is 37.2 Å². The number of hydrogen-bond donors (Lipinski definition) is 0. The molecule has 0 saturated carbocycles. The Morgan fingerprint density at radius 2 is 1.70 bits per heavy atom. The average Bonchev–Trinajstić information content (AvgIpc) is 3.32. The first-order valence-electron chi connectivity index (χ1n) is 11.2. The van der Waals surface area contributed by atoms with Gasteiger partial charge in [-0.05, 0) is 24.6 Å². The van der Waals surface area contributed by atoms with Crippen molar-refractivity contribution < 1.29 is 9.47 Å². The summed E-state index contributed by atoms with van der Waals surface area (Å²) in [6, 6.07) is 8.05. The van der Waals surface area contributed by atoms with Crippen molar-refractivity contribution >= 4 is 23.1 Å². The number of hydrogen-bond acceptors (Lipinski definition) is 9. The molecule has 0 amide bonds. The Morgan fingerprint density at radius 3 is 2.36 bits per heavy atom. The maximum atomic E-state index is 5.44. The summed E-state index contributed by atoms with van der Waals surface area (Å²) in [5.74, 6) is 3.24. The summed E-state index contributed by atoms with van der Waals surface area (Å²) in [7, 11) is 7.27. The molecule has 0 aliphatic carbocycles. The molecular weight excluding hydrogens is 436 g/mol. The van der Waals surface area contributed by atoms with Crippen molar-refractivity contribution in [3.8, 4) is 22.1 Å². The maximum Gasteiger partial charge on any atom is 0.227 e. The van der Waals surface area contributed by atoms with E-state index in [1.165, 1.54) is 0 Å². The molecule has 176 valence electrons. The Bertz CT molecular complexity index is 1080. The lowest BCUT2D eigenvalue weighted by Gasteiger charge is -2.35. The molecule has 8 nitrogen and oxygen atoms in total. The normalized spacial score (nSPS) is 14.4. The molecule has 1 saturated heterocycles. The van der Waals surface area contributed by atoms with Gasteiger partial charge < -0.3 is 19.3 Å². The van der Waals surface area contributed by atoms with Crippen molar-refractivity contribution in [1.29, 1.82) is 0 Å². The maximum absolute atomic E-state index is 5.44. The van der Waals surface area contributed by atoms with E-state index in [9.17, 15) is 0 Å². The first kappa shape index (κ1) is 23.3. The number of rotatable bonds is 8. The van der Waals surface area contributed by atoms with Gasteiger partial charge in [0.25, 0.3) is 0 Å². The highest BCUT2D eigenvalue weighted by Gasteiger charge is 2.21. The van der Waals surface area contributed by atoms with Gasteiger partial charge in [0.15, 0.2) is 11.5 Å². The largest absolute Gasteiger partial charge is 0.493 e. The Morgan fingerprint density at radius 1 is 0.939 bits per heavy atom. The fourth-order valence-electron chi connectivity index (χ4n) is 3.86. The standard InChI is InChI=1S/C24H32N6O2S/c1-6-18-14-22(27-24(26-18)28(2)3)30-11-9-29(10-12-30)15-19-16-33-23(25-19)17-7-8-20(31-4)21(13-17)32-5/h7-8,13-14,16H,6,9-12,15H2,1-5H3. The van der Waals surface area contributed by atoms with Crippen LogP contribution in [-0.2, 0) is 13.0 Å². The third-order valence-electron chi connectivity index (χ3n) is 5.78. The highest BCUT2D eigenvalue weighted by atomic mass is 32.1. The number of benzene rings is 1. The van der Waals surface area contributed by atoms with Crippen LogP contribution in [0.25, 0.3) is 10.6 Å². The summed E-state index contributed by atoms with van der Waals surface area (Å²) in [5, 5.41) is 3.15. The Labute approximate surface area is 199 Å². The molecule has 0 bridgehead atoms. The summed E-state index contributed by atoms with van der Waals surface area (Å²) in [6.07, 6.45) is 0.905. The Kier molecular flexibility index (Phi) is 7.29. The van der Waals surface area contributed by atoms with Crippen LogP contribution in [0.3, 0.4) is 0 Å². The van der Waals surface area contributed by atoms with Crippen LogP contribution in [0.5, 0.6) is 11.5 Å². The Hall–Kier alpha value is -2.91. The number of thiazole rings is 1. The molecule has 4 rings (SSSR count). The van der Waals surface area contributed by atoms with Gasteiger partial charge in [0.05, 0.1) is 19.9 Å². The lowest BCUT2D eigenvalue weighted by molar-refractivity contribution is 0.247. The van der Waals surface area contributed by atoms with Gasteiger partial charge in [-0.2, -0.15) is 4.98 Å². The molecule has 1 fully saturated rings. The zero-order valence-corrected chi connectivity index (χ0v) is 20.9. The van der Waals surface area contributed by atoms with Gasteiger partial charge in [-0.15, -0.1) is 11.3 Å². The lowest BCUT2D eigenvalue weighted by atomic mass is 10.2. The van der Waals surface area contributed by atoms with Gasteiger partial charge in [0.2, 0.25) is 5.95 Å². The number of methoxy groups -OCH3 is 2. The number of nitrogens with zero attached hydrogens (tertiary/aromatic N) is 6. The summed E-state index contributed by atoms with van der Waals surface area (Å²) >= 11 is 1.66. The Balaban J connectivity index is 1.39. The molecule has 9 heteroatoms. The first-order valence-corrected chi connectivity index (χ1v) is 12.1. The monoisotopic (exact) mass is 468 g/mol. The molecule has 1 aliphatic rings. The van der Waals surface area contributed by atoms with E-state index in [0.717, 1.165) is 84.4 Å². The molecule has 3 heterocycles. The van der Waals surface area contributed by atoms with E-state index in [1.54, 1.807) is 25.6 Å². The van der Waals surface area contributed by atoms with Crippen molar-refractivity contribution in [2.45, 2.75) is 19.9 Å². The van der Waals surface area contributed by atoms with Crippen LogP contribution in [0.15, 0.2) is 29.6 Å². The van der Waals surface area contributed by atoms with Crippen molar-refractivity contribution in [2.75, 3.05) is 64.3 Å². The molecule has 1 aromatic carbocycles. The lowest BCUT2D eigenvalue weighted by Crippen LogP contribution is -2.46. The molecule has 0 atom stereocenters. The van der Waals surface area contributed by atoms with Gasteiger partial charge >= 0.3 is 0 Å². The first-order chi connectivity index (χ1) is 16.0. The molecule has 0 N–H and O–H groups in total. The zero-order chi connectivity index (χ0) is 23.4. The molecule has 0 spiro atoms. The molecule has 2 aromatic heterocycles. The number of aryl methyl sites for hydroxylation is 1. The smallest absolute Gasteiger partial charge is 0.227 e. The van der Waals surface area contributed by atoms with E-state index in [4.69, 9.17) is 19.4 Å². The summed E-state index contributed by atoms with van der Waals surface area (Å²) in [6.45, 7) is 6.83. The van der Waals surface area contributed by atoms with Crippen LogP contribution in [-0.4, -0.2) is 74.3 Å². The highest BCUT2D eigenvalue weighted by molar-refractivity contribution is 7.13. The van der Waals surface area contributed by atoms with Gasteiger partial charge in [0, 0.05) is 69.5 Å². The van der Waals surface area contributed by atoms with Crippen molar-refractivity contribution in [2.24, 2.45) is 0 Å². The molecule has 3 aromatic rings. The second-order valence-corrected chi connectivity index (χ2v) is 9.10. The topological polar surface area (TPSA) is 66.8 Å². The number of anilines is 2. The second-order valence-electron chi connectivity index (χ2n) is 8.24. The second kappa shape index (κ2) is 10.4. The predicted octanol–water partition coefficient (Wildman–Crippen LogP) is 3.57. The van der Waals surface area contributed by atoms with E-state index < -0.39 is 0 Å². The molecular formula is C24H32N6O2S. The minimum Gasteiger partial charge on any atom is -0.493 e. The van der Waals surface area contributed by atoms with Crippen molar-refractivity contribution in [1.82, 2.24) is 19.9 Å². The van der Waals surface area contributed by atoms with Crippen molar-refractivity contribution in [3.05, 3.63) is 41.0 Å². The SMILES string of the molecule is CCc1cc(N2CCN(Cc3csc(-c4ccc(OC)c(OC)c4)n3)CC2)nc(N(C)C)n1. The molecule has 0 unspecified atom stereocenters. The van der Waals surface area contributed by atoms with Crippen LogP contribution in [0.2, 0.25) is 0 Å². The van der Waals surface area contributed by atoms with Crippen LogP contribution in [0.1, 0.15) is 18.3 Å². The van der Waals surface area contributed by atoms with E-state index >= 15 is 0 Å². The van der Waals surface area contributed by atoms with Crippen LogP contribution >= 0.6 is 11.3 Å². The van der Waals surface area contributed by atoms with Crippen molar-refractivity contribution in [3.63, 3.8) is 0 Å². The minimum absolute atomic E-state index is 0.719. The summed E-state index contributed by atoms with van der Waals surface area (Å²) < 4.78 is 10.8. The summed E-state index contributed by atoms with van der Waals surface area (Å²) in [5.41, 5.74) is 3.22. The van der Waals surface area contributed by atoms with Crippen LogP contribution in [0, 0.1) is 0 Å². The average molecular weight is 469 g/mol. The fourth-order valence-corrected chi connectivity index (χ4v) is 4.67. The molecule has 33 heavy (non-hydrogen) atoms. The predicted molar refractivity (Wildman–Crippen MR) is 134 cm³/mol. The van der Waals surface area contributed by atoms with E-state index in [0.29, 0.717) is 0 Å². The third-order valence-corrected chi connectivity index (χ3v) is 6.72. The third kappa shape index (κ3) is 5.36. The molecule has 1 aliphatic heterocycles. The highest BCUT2D eigenvalue weighted by Crippen LogP contribution is 2.33.